The van der Waals surface area contributed by atoms with Gasteiger partial charge in [0.25, 0.3) is 11.8 Å². The molecule has 0 radical (unpaired) electrons. The first-order chi connectivity index (χ1) is 15.1. The van der Waals surface area contributed by atoms with Crippen molar-refractivity contribution in [3.05, 3.63) is 89.0 Å². The minimum atomic E-state index is -4.50. The Hall–Kier alpha value is -3.81. The number of benzene rings is 3. The van der Waals surface area contributed by atoms with Crippen LogP contribution in [0.5, 0.6) is 5.75 Å². The number of nitrogens with one attached hydrogen (secondary N) is 2. The number of anilines is 2. The first-order valence-corrected chi connectivity index (χ1v) is 9.71. The minimum Gasteiger partial charge on any atom is -0.484 e. The predicted molar refractivity (Wildman–Crippen MR) is 116 cm³/mol. The topological polar surface area (TPSA) is 67.4 Å². The fourth-order valence-corrected chi connectivity index (χ4v) is 2.90. The third kappa shape index (κ3) is 5.87. The van der Waals surface area contributed by atoms with E-state index in [9.17, 15) is 22.8 Å². The van der Waals surface area contributed by atoms with Crippen LogP contribution in [-0.4, -0.2) is 18.4 Å². The van der Waals surface area contributed by atoms with Gasteiger partial charge in [-0.15, -0.1) is 0 Å². The summed E-state index contributed by atoms with van der Waals surface area (Å²) in [6.45, 7) is 3.64. The van der Waals surface area contributed by atoms with Gasteiger partial charge in [-0.05, 0) is 73.5 Å². The van der Waals surface area contributed by atoms with Crippen LogP contribution in [0.25, 0.3) is 0 Å². The summed E-state index contributed by atoms with van der Waals surface area (Å²) in [6.07, 6.45) is -4.50. The Bertz CT molecular complexity index is 1130. The van der Waals surface area contributed by atoms with Gasteiger partial charge in [0.2, 0.25) is 0 Å². The highest BCUT2D eigenvalue weighted by atomic mass is 19.4. The Morgan fingerprint density at radius 3 is 2.28 bits per heavy atom. The van der Waals surface area contributed by atoms with Gasteiger partial charge < -0.3 is 15.4 Å². The summed E-state index contributed by atoms with van der Waals surface area (Å²) in [4.78, 5) is 24.5. The average Bonchev–Trinajstić information content (AvgIpc) is 2.75. The van der Waals surface area contributed by atoms with Gasteiger partial charge in [-0.2, -0.15) is 13.2 Å². The zero-order valence-corrected chi connectivity index (χ0v) is 17.4. The van der Waals surface area contributed by atoms with Crippen LogP contribution in [-0.2, 0) is 11.0 Å². The Kier molecular flexibility index (Phi) is 6.82. The van der Waals surface area contributed by atoms with Crippen molar-refractivity contribution in [3.8, 4) is 5.75 Å². The second-order valence-corrected chi connectivity index (χ2v) is 7.14. The predicted octanol–water partition coefficient (Wildman–Crippen LogP) is 5.59. The maximum absolute atomic E-state index is 12.8. The zero-order valence-electron chi connectivity index (χ0n) is 17.4. The minimum absolute atomic E-state index is 0.0354. The Labute approximate surface area is 183 Å². The van der Waals surface area contributed by atoms with Crippen molar-refractivity contribution in [2.75, 3.05) is 17.2 Å². The Morgan fingerprint density at radius 1 is 0.906 bits per heavy atom. The molecule has 5 nitrogen and oxygen atoms in total. The molecule has 0 aliphatic carbocycles. The fourth-order valence-electron chi connectivity index (χ4n) is 2.90. The SMILES string of the molecule is Cc1cccc(NC(=O)COc2ccc(C(=O)Nc3cccc(C(F)(F)F)c3)cc2)c1C. The lowest BCUT2D eigenvalue weighted by Gasteiger charge is -2.12. The van der Waals surface area contributed by atoms with E-state index in [1.54, 1.807) is 6.07 Å². The standard InChI is InChI=1S/C24H21F3N2O3/c1-15-5-3-8-21(16(15)2)29-22(30)14-32-20-11-9-17(10-12-20)23(31)28-19-7-4-6-18(13-19)24(25,26)27/h3-13H,14H2,1-2H3,(H,28,31)(H,29,30). The third-order valence-corrected chi connectivity index (χ3v) is 4.81. The third-order valence-electron chi connectivity index (χ3n) is 4.81. The molecule has 0 aliphatic rings. The number of rotatable bonds is 6. The summed E-state index contributed by atoms with van der Waals surface area (Å²) >= 11 is 0. The number of hydrogen-bond acceptors (Lipinski definition) is 3. The van der Waals surface area contributed by atoms with Gasteiger partial charge in [-0.25, -0.2) is 0 Å². The molecule has 2 N–H and O–H groups in total. The van der Waals surface area contributed by atoms with E-state index in [0.29, 0.717) is 11.4 Å². The Morgan fingerprint density at radius 2 is 1.59 bits per heavy atom. The van der Waals surface area contributed by atoms with Crippen LogP contribution in [0.4, 0.5) is 24.5 Å². The highest BCUT2D eigenvalue weighted by Crippen LogP contribution is 2.30. The van der Waals surface area contributed by atoms with Crippen LogP contribution in [0.3, 0.4) is 0 Å². The van der Waals surface area contributed by atoms with Crippen LogP contribution in [0.15, 0.2) is 66.7 Å². The quantitative estimate of drug-likeness (QED) is 0.523. The van der Waals surface area contributed by atoms with Crippen molar-refractivity contribution in [1.29, 1.82) is 0 Å². The van der Waals surface area contributed by atoms with Gasteiger partial charge in [0.15, 0.2) is 6.61 Å². The molecular weight excluding hydrogens is 421 g/mol. The Balaban J connectivity index is 1.56. The number of aryl methyl sites for hydroxylation is 1. The number of amides is 2. The van der Waals surface area contributed by atoms with Crippen molar-refractivity contribution in [1.82, 2.24) is 0 Å². The van der Waals surface area contributed by atoms with Gasteiger partial charge in [-0.3, -0.25) is 9.59 Å². The molecule has 0 atom stereocenters. The highest BCUT2D eigenvalue weighted by molar-refractivity contribution is 6.04. The maximum Gasteiger partial charge on any atom is 0.416 e. The highest BCUT2D eigenvalue weighted by Gasteiger charge is 2.30. The van der Waals surface area contributed by atoms with Crippen LogP contribution in [0.1, 0.15) is 27.0 Å². The van der Waals surface area contributed by atoms with Crippen LogP contribution in [0.2, 0.25) is 0 Å². The summed E-state index contributed by atoms with van der Waals surface area (Å²) < 4.78 is 43.9. The first-order valence-electron chi connectivity index (χ1n) is 9.71. The van der Waals surface area contributed by atoms with E-state index in [4.69, 9.17) is 4.74 Å². The molecule has 0 aliphatic heterocycles. The summed E-state index contributed by atoms with van der Waals surface area (Å²) in [5.74, 6) is -0.523. The molecule has 32 heavy (non-hydrogen) atoms. The normalized spacial score (nSPS) is 11.0. The number of carbonyl (C=O) groups is 2. The molecule has 3 rings (SSSR count). The molecule has 0 unspecified atom stereocenters. The molecule has 0 heterocycles. The summed E-state index contributed by atoms with van der Waals surface area (Å²) in [7, 11) is 0. The molecule has 0 spiro atoms. The van der Waals surface area contributed by atoms with Gasteiger partial charge in [0.05, 0.1) is 5.56 Å². The molecular formula is C24H21F3N2O3. The average molecular weight is 442 g/mol. The molecule has 0 fully saturated rings. The van der Waals surface area contributed by atoms with Gasteiger partial charge in [0.1, 0.15) is 5.75 Å². The van der Waals surface area contributed by atoms with Crippen molar-refractivity contribution in [3.63, 3.8) is 0 Å². The largest absolute Gasteiger partial charge is 0.484 e. The van der Waals surface area contributed by atoms with E-state index in [1.165, 1.54) is 36.4 Å². The van der Waals surface area contributed by atoms with E-state index >= 15 is 0 Å². The van der Waals surface area contributed by atoms with E-state index in [-0.39, 0.29) is 23.8 Å². The maximum atomic E-state index is 12.8. The van der Waals surface area contributed by atoms with E-state index in [1.807, 2.05) is 26.0 Å². The fraction of sp³-hybridized carbons (Fsp3) is 0.167. The molecule has 0 aromatic heterocycles. The van der Waals surface area contributed by atoms with Gasteiger partial charge in [0, 0.05) is 16.9 Å². The lowest BCUT2D eigenvalue weighted by Crippen LogP contribution is -2.20. The van der Waals surface area contributed by atoms with Crippen LogP contribution in [0, 0.1) is 13.8 Å². The van der Waals surface area contributed by atoms with E-state index in [2.05, 4.69) is 10.6 Å². The molecule has 166 valence electrons. The molecule has 0 saturated heterocycles. The summed E-state index contributed by atoms with van der Waals surface area (Å²) in [6, 6.07) is 15.9. The first kappa shape index (κ1) is 22.9. The van der Waals surface area contributed by atoms with Crippen molar-refractivity contribution < 1.29 is 27.5 Å². The van der Waals surface area contributed by atoms with Gasteiger partial charge >= 0.3 is 6.18 Å². The smallest absolute Gasteiger partial charge is 0.416 e. The molecule has 8 heteroatoms. The van der Waals surface area contributed by atoms with Crippen molar-refractivity contribution >= 4 is 23.2 Å². The molecule has 3 aromatic carbocycles. The van der Waals surface area contributed by atoms with Crippen molar-refractivity contribution in [2.24, 2.45) is 0 Å². The number of halogens is 3. The number of carbonyl (C=O) groups excluding carboxylic acids is 2. The lowest BCUT2D eigenvalue weighted by molar-refractivity contribution is -0.137. The number of alkyl halides is 3. The van der Waals surface area contributed by atoms with Gasteiger partial charge in [-0.1, -0.05) is 18.2 Å². The monoisotopic (exact) mass is 442 g/mol. The number of ether oxygens (including phenoxy) is 1. The second-order valence-electron chi connectivity index (χ2n) is 7.14. The zero-order chi connectivity index (χ0) is 23.3. The summed E-state index contributed by atoms with van der Waals surface area (Å²) in [5, 5.41) is 5.22. The molecule has 3 aromatic rings. The van der Waals surface area contributed by atoms with Crippen molar-refractivity contribution in [2.45, 2.75) is 20.0 Å². The van der Waals surface area contributed by atoms with E-state index in [0.717, 1.165) is 23.3 Å². The molecule has 2 amide bonds. The van der Waals surface area contributed by atoms with E-state index < -0.39 is 17.6 Å². The van der Waals surface area contributed by atoms with Crippen LogP contribution < -0.4 is 15.4 Å². The van der Waals surface area contributed by atoms with Crippen LogP contribution >= 0.6 is 0 Å². The lowest BCUT2D eigenvalue weighted by atomic mass is 10.1. The molecule has 0 saturated carbocycles. The number of hydrogen-bond donors (Lipinski definition) is 2. The second kappa shape index (κ2) is 9.55. The molecule has 0 bridgehead atoms. The summed E-state index contributed by atoms with van der Waals surface area (Å²) in [5.41, 5.74) is 2.15.